The quantitative estimate of drug-likeness (QED) is 0.815. The Bertz CT molecular complexity index is 1080. The van der Waals surface area contributed by atoms with Gasteiger partial charge in [0.2, 0.25) is 17.4 Å². The van der Waals surface area contributed by atoms with Gasteiger partial charge in [-0.05, 0) is 11.6 Å². The van der Waals surface area contributed by atoms with Gasteiger partial charge >= 0.3 is 10.1 Å². The van der Waals surface area contributed by atoms with E-state index in [1.807, 2.05) is 0 Å². The molecule has 0 spiro atoms. The Labute approximate surface area is 148 Å². The number of carbonyl (C=O) groups excluding carboxylic acids is 1. The number of benzene rings is 2. The number of carbonyl (C=O) groups is 1. The molecule has 0 radical (unpaired) electrons. The van der Waals surface area contributed by atoms with Gasteiger partial charge in [0.1, 0.15) is 11.5 Å². The van der Waals surface area contributed by atoms with Gasteiger partial charge in [-0.3, -0.25) is 4.79 Å². The lowest BCUT2D eigenvalue weighted by atomic mass is 10.1. The van der Waals surface area contributed by atoms with Gasteiger partial charge in [0.15, 0.2) is 6.08 Å². The van der Waals surface area contributed by atoms with Gasteiger partial charge in [-0.1, -0.05) is 48.5 Å². The molecule has 1 atom stereocenters. The van der Waals surface area contributed by atoms with Crippen molar-refractivity contribution in [2.24, 2.45) is 5.73 Å². The van der Waals surface area contributed by atoms with Gasteiger partial charge < -0.3 is 14.7 Å². The molecule has 6 nitrogen and oxygen atoms in total. The summed E-state index contributed by atoms with van der Waals surface area (Å²) in [4.78, 5) is 12.6. The zero-order valence-corrected chi connectivity index (χ0v) is 13.4. The molecule has 2 aromatic rings. The van der Waals surface area contributed by atoms with Crippen molar-refractivity contribution >= 4 is 15.9 Å². The third kappa shape index (κ3) is 3.63. The molecule has 0 saturated carbocycles. The van der Waals surface area contributed by atoms with Crippen LogP contribution in [0, 0.1) is 5.82 Å². The summed E-state index contributed by atoms with van der Waals surface area (Å²) >= 11 is 0. The third-order valence-electron chi connectivity index (χ3n) is 3.18. The zero-order valence-electron chi connectivity index (χ0n) is 15.6. The molecule has 3 rings (SSSR count). The first kappa shape index (κ1) is 13.4. The summed E-state index contributed by atoms with van der Waals surface area (Å²) in [6.45, 7) is 0. The van der Waals surface area contributed by atoms with E-state index < -0.39 is 50.7 Å². The van der Waals surface area contributed by atoms with Crippen molar-refractivity contribution in [3.05, 3.63) is 83.2 Å². The van der Waals surface area contributed by atoms with E-state index in [0.29, 0.717) is 0 Å². The lowest BCUT2D eigenvalue weighted by Crippen LogP contribution is -2.16. The fourth-order valence-corrected chi connectivity index (χ4v) is 2.94. The molecule has 2 aromatic carbocycles. The van der Waals surface area contributed by atoms with Crippen molar-refractivity contribution in [3.63, 3.8) is 0 Å². The molecular weight excluding hydrogens is 349 g/mol. The van der Waals surface area contributed by atoms with E-state index in [-0.39, 0.29) is 5.56 Å². The summed E-state index contributed by atoms with van der Waals surface area (Å²) < 4.78 is 72.5. The molecule has 2 N–H and O–H groups in total. The Hall–Kier alpha value is -2.87. The second-order valence-electron chi connectivity index (χ2n) is 4.94. The minimum atomic E-state index is -5.09. The van der Waals surface area contributed by atoms with Gasteiger partial charge in [0.05, 0.1) is 4.11 Å². The number of halogens is 1. The Kier molecular flexibility index (Phi) is 3.52. The molecule has 0 bridgehead atoms. The lowest BCUT2D eigenvalue weighted by molar-refractivity contribution is -0.123. The monoisotopic (exact) mass is 366 g/mol. The minimum Gasteiger partial charge on any atom is -0.460 e. The Morgan fingerprint density at radius 3 is 2.52 bits per heavy atom. The van der Waals surface area contributed by atoms with Crippen molar-refractivity contribution in [3.8, 4) is 0 Å². The first-order chi connectivity index (χ1) is 13.0. The van der Waals surface area contributed by atoms with Crippen LogP contribution in [0.5, 0.6) is 0 Å². The number of rotatable bonds is 5. The molecule has 0 saturated heterocycles. The molecule has 1 heterocycles. The van der Waals surface area contributed by atoms with E-state index in [4.69, 9.17) is 14.6 Å². The van der Waals surface area contributed by atoms with E-state index >= 15 is 0 Å². The van der Waals surface area contributed by atoms with E-state index in [2.05, 4.69) is 4.18 Å². The topological polar surface area (TPSA) is 95.7 Å². The van der Waals surface area contributed by atoms with Crippen molar-refractivity contribution in [2.45, 2.75) is 11.8 Å². The van der Waals surface area contributed by atoms with Crippen molar-refractivity contribution in [1.29, 1.82) is 0 Å². The van der Waals surface area contributed by atoms with E-state index in [0.717, 1.165) is 12.1 Å². The van der Waals surface area contributed by atoms with Crippen LogP contribution >= 0.6 is 0 Å². The second kappa shape index (κ2) is 6.56. The SMILES string of the molecule is [2H]C([2H])(c1ccccc1)S(=O)(=O)OC1=C(N)O[C@]([2H])(c2ccccc2F)C1=O. The summed E-state index contributed by atoms with van der Waals surface area (Å²) in [6.07, 6.45) is -2.69. The minimum absolute atomic E-state index is 0.244. The highest BCUT2D eigenvalue weighted by atomic mass is 32.2. The van der Waals surface area contributed by atoms with Crippen molar-refractivity contribution in [1.82, 2.24) is 0 Å². The second-order valence-corrected chi connectivity index (χ2v) is 6.22. The number of nitrogens with two attached hydrogens (primary N) is 1. The number of ether oxygens (including phenoxy) is 1. The van der Waals surface area contributed by atoms with Gasteiger partial charge in [0.25, 0.3) is 0 Å². The van der Waals surface area contributed by atoms with Gasteiger partial charge in [-0.2, -0.15) is 8.42 Å². The fourth-order valence-electron chi connectivity index (χ4n) is 2.10. The van der Waals surface area contributed by atoms with Crippen LogP contribution in [0.1, 0.15) is 21.3 Å². The van der Waals surface area contributed by atoms with Crippen LogP contribution in [0.2, 0.25) is 0 Å². The average Bonchev–Trinajstić information content (AvgIpc) is 2.86. The molecule has 0 unspecified atom stereocenters. The standard InChI is InChI=1S/C17H14FNO5S/c18-13-9-5-4-8-12(13)15-14(20)16(17(19)23-15)24-25(21,22)10-11-6-2-1-3-7-11/h1-9,15H,10,19H2/t15-/m1/s1/i10D2,15D. The maximum Gasteiger partial charge on any atom is 0.313 e. The molecule has 8 heteroatoms. The Morgan fingerprint density at radius 1 is 1.20 bits per heavy atom. The highest BCUT2D eigenvalue weighted by Gasteiger charge is 2.40. The van der Waals surface area contributed by atoms with Gasteiger partial charge in [-0.25, -0.2) is 4.39 Å². The predicted molar refractivity (Wildman–Crippen MR) is 86.6 cm³/mol. The van der Waals surface area contributed by atoms with Crippen LogP contribution < -0.4 is 5.73 Å². The first-order valence-corrected chi connectivity index (χ1v) is 8.39. The normalized spacial score (nSPS) is 22.8. The summed E-state index contributed by atoms with van der Waals surface area (Å²) in [5.74, 6) is -4.27. The predicted octanol–water partition coefficient (Wildman–Crippen LogP) is 2.14. The summed E-state index contributed by atoms with van der Waals surface area (Å²) in [5, 5.41) is 0. The zero-order chi connectivity index (χ0) is 20.7. The Balaban J connectivity index is 1.96. The summed E-state index contributed by atoms with van der Waals surface area (Å²) in [7, 11) is -5.09. The number of hydrogen-bond donors (Lipinski definition) is 1. The molecular formula is C17H14FNO5S. The first-order valence-electron chi connectivity index (χ1n) is 8.49. The van der Waals surface area contributed by atoms with Crippen LogP contribution in [0.3, 0.4) is 0 Å². The third-order valence-corrected chi connectivity index (χ3v) is 4.05. The molecule has 1 aliphatic heterocycles. The highest BCUT2D eigenvalue weighted by Crippen LogP contribution is 2.33. The molecule has 1 aliphatic rings. The molecule has 0 aromatic heterocycles. The van der Waals surface area contributed by atoms with E-state index in [9.17, 15) is 17.6 Å². The fraction of sp³-hybridized carbons (Fsp3) is 0.118. The van der Waals surface area contributed by atoms with E-state index in [1.165, 1.54) is 36.4 Å². The van der Waals surface area contributed by atoms with E-state index in [1.54, 1.807) is 6.07 Å². The molecule has 0 amide bonds. The van der Waals surface area contributed by atoms with Crippen molar-refractivity contribution in [2.75, 3.05) is 0 Å². The summed E-state index contributed by atoms with van der Waals surface area (Å²) in [5.41, 5.74) is 1.73. The van der Waals surface area contributed by atoms with Gasteiger partial charge in [0, 0.05) is 5.56 Å². The molecule has 130 valence electrons. The van der Waals surface area contributed by atoms with Crippen LogP contribution in [0.15, 0.2) is 66.2 Å². The number of ketones is 1. The van der Waals surface area contributed by atoms with Crippen LogP contribution in [0.25, 0.3) is 0 Å². The van der Waals surface area contributed by atoms with Crippen LogP contribution in [0.4, 0.5) is 4.39 Å². The number of hydrogen-bond acceptors (Lipinski definition) is 6. The van der Waals surface area contributed by atoms with Gasteiger partial charge in [-0.15, -0.1) is 0 Å². The van der Waals surface area contributed by atoms with Crippen LogP contribution in [-0.2, 0) is 29.5 Å². The Morgan fingerprint density at radius 2 is 1.84 bits per heavy atom. The molecule has 0 aliphatic carbocycles. The maximum absolute atomic E-state index is 14.0. The highest BCUT2D eigenvalue weighted by molar-refractivity contribution is 7.86. The summed E-state index contributed by atoms with van der Waals surface area (Å²) in [6, 6.07) is 11.6. The van der Waals surface area contributed by atoms with Crippen LogP contribution in [-0.4, -0.2) is 14.2 Å². The van der Waals surface area contributed by atoms with Crippen molar-refractivity contribution < 1.29 is 30.6 Å². The maximum atomic E-state index is 14.0. The number of Topliss-reactive ketones (excluding diaryl/α,β-unsaturated/α-hetero) is 1. The smallest absolute Gasteiger partial charge is 0.313 e. The lowest BCUT2D eigenvalue weighted by Gasteiger charge is -2.10. The molecule has 25 heavy (non-hydrogen) atoms. The molecule has 0 fully saturated rings. The largest absolute Gasteiger partial charge is 0.460 e. The average molecular weight is 366 g/mol.